The fourth-order valence-corrected chi connectivity index (χ4v) is 5.80. The molecule has 3 aromatic rings. The summed E-state index contributed by atoms with van der Waals surface area (Å²) < 4.78 is 29.0. The van der Waals surface area contributed by atoms with Gasteiger partial charge in [-0.25, -0.2) is 8.42 Å². The van der Waals surface area contributed by atoms with E-state index in [1.165, 1.54) is 16.4 Å². The molecule has 0 heterocycles. The number of hydrogen-bond acceptors (Lipinski definition) is 4. The van der Waals surface area contributed by atoms with E-state index < -0.39 is 10.0 Å². The van der Waals surface area contributed by atoms with Crippen LogP contribution < -0.4 is 5.32 Å². The van der Waals surface area contributed by atoms with Crippen LogP contribution in [0, 0.1) is 0 Å². The molecule has 0 aromatic heterocycles. The summed E-state index contributed by atoms with van der Waals surface area (Å²) in [7, 11) is -3.82. The van der Waals surface area contributed by atoms with Crippen molar-refractivity contribution in [3.8, 4) is 0 Å². The number of thioether (sulfide) groups is 1. The minimum Gasteiger partial charge on any atom is -0.351 e. The molecule has 0 aliphatic carbocycles. The van der Waals surface area contributed by atoms with E-state index in [0.29, 0.717) is 23.6 Å². The minimum atomic E-state index is -3.82. The molecule has 8 heteroatoms. The highest BCUT2D eigenvalue weighted by molar-refractivity contribution is 7.98. The maximum Gasteiger partial charge on any atom is 0.251 e. The van der Waals surface area contributed by atoms with E-state index in [1.807, 2.05) is 55.6 Å². The van der Waals surface area contributed by atoms with Crippen molar-refractivity contribution >= 4 is 39.3 Å². The normalized spacial score (nSPS) is 12.5. The molecule has 180 valence electrons. The number of amides is 1. The Kier molecular flexibility index (Phi) is 9.59. The summed E-state index contributed by atoms with van der Waals surface area (Å²) >= 11 is 7.66. The summed E-state index contributed by atoms with van der Waals surface area (Å²) in [5.74, 6) is 0.709. The lowest BCUT2D eigenvalue weighted by Crippen LogP contribution is -2.34. The van der Waals surface area contributed by atoms with E-state index in [0.717, 1.165) is 16.9 Å². The monoisotopic (exact) mass is 516 g/mol. The molecule has 0 spiro atoms. The first-order chi connectivity index (χ1) is 16.4. The lowest BCUT2D eigenvalue weighted by molar-refractivity contribution is 0.0956. The standard InChI is InChI=1S/C26H29ClN2O3S2/c1-3-25(21-7-5-4-6-8-21)29(34(31,32)24-15-13-23(27)14-16-24)19-20-9-11-22(12-10-20)26(30)28-17-18-33-2/h4-16,25H,3,17-19H2,1-2H3,(H,28,30). The molecule has 0 aliphatic rings. The van der Waals surface area contributed by atoms with Crippen LogP contribution in [0.3, 0.4) is 0 Å². The maximum absolute atomic E-state index is 13.8. The van der Waals surface area contributed by atoms with Crippen LogP contribution >= 0.6 is 23.4 Å². The third-order valence-electron chi connectivity index (χ3n) is 5.49. The lowest BCUT2D eigenvalue weighted by atomic mass is 10.0. The smallest absolute Gasteiger partial charge is 0.251 e. The average Bonchev–Trinajstić information content (AvgIpc) is 2.85. The maximum atomic E-state index is 13.8. The zero-order chi connectivity index (χ0) is 24.6. The molecule has 3 rings (SSSR count). The Morgan fingerprint density at radius 3 is 2.24 bits per heavy atom. The van der Waals surface area contributed by atoms with Gasteiger partial charge in [-0.3, -0.25) is 4.79 Å². The molecule has 0 radical (unpaired) electrons. The van der Waals surface area contributed by atoms with Gasteiger partial charge in [-0.2, -0.15) is 16.1 Å². The van der Waals surface area contributed by atoms with Gasteiger partial charge in [-0.05, 0) is 60.2 Å². The Bertz CT molecular complexity index is 1170. The molecule has 1 N–H and O–H groups in total. The number of nitrogens with zero attached hydrogens (tertiary/aromatic N) is 1. The van der Waals surface area contributed by atoms with E-state index in [-0.39, 0.29) is 23.4 Å². The van der Waals surface area contributed by atoms with E-state index in [4.69, 9.17) is 11.6 Å². The summed E-state index contributed by atoms with van der Waals surface area (Å²) in [6, 6.07) is 22.6. The number of carbonyl (C=O) groups is 1. The summed E-state index contributed by atoms with van der Waals surface area (Å²) in [5, 5.41) is 3.36. The van der Waals surface area contributed by atoms with Crippen LogP contribution in [0.4, 0.5) is 0 Å². The zero-order valence-corrected chi connectivity index (χ0v) is 21.7. The van der Waals surface area contributed by atoms with Gasteiger partial charge < -0.3 is 5.32 Å². The number of carbonyl (C=O) groups excluding carboxylic acids is 1. The topological polar surface area (TPSA) is 66.5 Å². The fraction of sp³-hybridized carbons (Fsp3) is 0.269. The van der Waals surface area contributed by atoms with Gasteiger partial charge in [0.05, 0.1) is 10.9 Å². The van der Waals surface area contributed by atoms with Gasteiger partial charge in [0.2, 0.25) is 10.0 Å². The van der Waals surface area contributed by atoms with E-state index in [2.05, 4.69) is 5.32 Å². The number of rotatable bonds is 11. The van der Waals surface area contributed by atoms with Gasteiger partial charge in [-0.15, -0.1) is 0 Å². The second kappa shape index (κ2) is 12.4. The zero-order valence-electron chi connectivity index (χ0n) is 19.3. The Labute approximate surface area is 211 Å². The van der Waals surface area contributed by atoms with Crippen molar-refractivity contribution in [2.45, 2.75) is 30.8 Å². The Morgan fingerprint density at radius 2 is 1.65 bits per heavy atom. The first-order valence-corrected chi connectivity index (χ1v) is 14.3. The molecule has 1 atom stereocenters. The molecular formula is C26H29ClN2O3S2. The SMILES string of the molecule is CCC(c1ccccc1)N(Cc1ccc(C(=O)NCCSC)cc1)S(=O)(=O)c1ccc(Cl)cc1. The summed E-state index contributed by atoms with van der Waals surface area (Å²) in [5.41, 5.74) is 2.27. The predicted molar refractivity (Wildman–Crippen MR) is 141 cm³/mol. The number of hydrogen-bond donors (Lipinski definition) is 1. The highest BCUT2D eigenvalue weighted by Gasteiger charge is 2.31. The van der Waals surface area contributed by atoms with Crippen LogP contribution in [0.15, 0.2) is 83.8 Å². The molecule has 0 aliphatic heterocycles. The Balaban J connectivity index is 1.93. The number of sulfonamides is 1. The van der Waals surface area contributed by atoms with Gasteiger partial charge in [-0.1, -0.05) is 61.0 Å². The second-order valence-electron chi connectivity index (χ2n) is 7.78. The lowest BCUT2D eigenvalue weighted by Gasteiger charge is -2.31. The predicted octanol–water partition coefficient (Wildman–Crippen LogP) is 5.78. The van der Waals surface area contributed by atoms with Crippen LogP contribution in [0.1, 0.15) is 40.9 Å². The largest absolute Gasteiger partial charge is 0.351 e. The third kappa shape index (κ3) is 6.63. The first-order valence-electron chi connectivity index (χ1n) is 11.0. The van der Waals surface area contributed by atoms with Crippen molar-refractivity contribution in [3.63, 3.8) is 0 Å². The molecule has 1 amide bonds. The first kappa shape index (κ1) is 26.3. The molecule has 0 saturated heterocycles. The summed E-state index contributed by atoms with van der Waals surface area (Å²) in [6.45, 7) is 2.75. The third-order valence-corrected chi connectivity index (χ3v) is 8.22. The quantitative estimate of drug-likeness (QED) is 0.328. The van der Waals surface area contributed by atoms with Crippen molar-refractivity contribution < 1.29 is 13.2 Å². The highest BCUT2D eigenvalue weighted by Crippen LogP contribution is 2.32. The van der Waals surface area contributed by atoms with Crippen LogP contribution in [0.25, 0.3) is 0 Å². The number of benzene rings is 3. The molecular weight excluding hydrogens is 488 g/mol. The van der Waals surface area contributed by atoms with Crippen LogP contribution in [0.2, 0.25) is 5.02 Å². The van der Waals surface area contributed by atoms with Gasteiger partial charge in [0, 0.05) is 29.4 Å². The van der Waals surface area contributed by atoms with Crippen molar-refractivity contribution in [2.75, 3.05) is 18.6 Å². The Hall–Kier alpha value is -2.32. The van der Waals surface area contributed by atoms with Crippen molar-refractivity contribution in [1.82, 2.24) is 9.62 Å². The fourth-order valence-electron chi connectivity index (χ4n) is 3.70. The number of nitrogens with one attached hydrogen (secondary N) is 1. The molecule has 0 fully saturated rings. The van der Waals surface area contributed by atoms with Crippen molar-refractivity contribution in [1.29, 1.82) is 0 Å². The number of halogens is 1. The van der Waals surface area contributed by atoms with E-state index >= 15 is 0 Å². The molecule has 0 saturated carbocycles. The van der Waals surface area contributed by atoms with E-state index in [1.54, 1.807) is 36.0 Å². The second-order valence-corrected chi connectivity index (χ2v) is 11.1. The van der Waals surface area contributed by atoms with Crippen LogP contribution in [-0.4, -0.2) is 37.2 Å². The molecule has 0 bridgehead atoms. The van der Waals surface area contributed by atoms with Gasteiger partial charge in [0.25, 0.3) is 5.91 Å². The van der Waals surface area contributed by atoms with Crippen molar-refractivity contribution in [3.05, 3.63) is 101 Å². The van der Waals surface area contributed by atoms with Crippen LogP contribution in [0.5, 0.6) is 0 Å². The molecule has 5 nitrogen and oxygen atoms in total. The van der Waals surface area contributed by atoms with Gasteiger partial charge in [0.1, 0.15) is 0 Å². The van der Waals surface area contributed by atoms with Gasteiger partial charge in [0.15, 0.2) is 0 Å². The average molecular weight is 517 g/mol. The highest BCUT2D eigenvalue weighted by atomic mass is 35.5. The molecule has 34 heavy (non-hydrogen) atoms. The van der Waals surface area contributed by atoms with E-state index in [9.17, 15) is 13.2 Å². The Morgan fingerprint density at radius 1 is 1.00 bits per heavy atom. The minimum absolute atomic E-state index is 0.137. The molecule has 3 aromatic carbocycles. The summed E-state index contributed by atoms with van der Waals surface area (Å²) in [4.78, 5) is 12.5. The van der Waals surface area contributed by atoms with Gasteiger partial charge >= 0.3 is 0 Å². The molecule has 1 unspecified atom stereocenters. The van der Waals surface area contributed by atoms with Crippen LogP contribution in [-0.2, 0) is 16.6 Å². The summed E-state index contributed by atoms with van der Waals surface area (Å²) in [6.07, 6.45) is 2.59. The van der Waals surface area contributed by atoms with Crippen molar-refractivity contribution in [2.24, 2.45) is 0 Å².